The van der Waals surface area contributed by atoms with Crippen molar-refractivity contribution in [2.75, 3.05) is 31.2 Å². The summed E-state index contributed by atoms with van der Waals surface area (Å²) in [7, 11) is 0. The van der Waals surface area contributed by atoms with Crippen molar-refractivity contribution in [2.24, 2.45) is 5.92 Å². The first-order valence-corrected chi connectivity index (χ1v) is 10.1. The highest BCUT2D eigenvalue weighted by Gasteiger charge is 2.21. The van der Waals surface area contributed by atoms with Crippen molar-refractivity contribution in [3.63, 3.8) is 0 Å². The van der Waals surface area contributed by atoms with Crippen LogP contribution >= 0.6 is 11.6 Å². The zero-order valence-electron chi connectivity index (χ0n) is 16.4. The molecule has 2 heterocycles. The molecule has 1 fully saturated rings. The molecule has 6 nitrogen and oxygen atoms in total. The van der Waals surface area contributed by atoms with E-state index in [0.717, 1.165) is 49.5 Å². The highest BCUT2D eigenvalue weighted by molar-refractivity contribution is 6.30. The summed E-state index contributed by atoms with van der Waals surface area (Å²) in [6, 6.07) is 9.10. The van der Waals surface area contributed by atoms with Crippen molar-refractivity contribution in [1.82, 2.24) is 10.2 Å². The lowest BCUT2D eigenvalue weighted by Crippen LogP contribution is -2.34. The average Bonchev–Trinajstić information content (AvgIpc) is 2.71. The second kappa shape index (κ2) is 9.73. The van der Waals surface area contributed by atoms with Crippen LogP contribution in [0.3, 0.4) is 0 Å². The van der Waals surface area contributed by atoms with Gasteiger partial charge in [0.2, 0.25) is 0 Å². The number of carbonyl (C=O) groups is 1. The Labute approximate surface area is 170 Å². The molecule has 1 aliphatic heterocycles. The van der Waals surface area contributed by atoms with Gasteiger partial charge in [0.1, 0.15) is 5.75 Å². The van der Waals surface area contributed by atoms with Crippen molar-refractivity contribution in [2.45, 2.75) is 33.1 Å². The molecule has 3 rings (SSSR count). The summed E-state index contributed by atoms with van der Waals surface area (Å²) in [5.41, 5.74) is 1.50. The van der Waals surface area contributed by atoms with Crippen LogP contribution in [-0.2, 0) is 4.74 Å². The number of hydrogen-bond acceptors (Lipinski definition) is 6. The first-order chi connectivity index (χ1) is 13.6. The molecule has 0 spiro atoms. The Morgan fingerprint density at radius 2 is 1.93 bits per heavy atom. The second-order valence-electron chi connectivity index (χ2n) is 6.99. The van der Waals surface area contributed by atoms with Crippen LogP contribution < -0.4 is 9.64 Å². The number of esters is 1. The highest BCUT2D eigenvalue weighted by atomic mass is 35.5. The normalized spacial score (nSPS) is 14.8. The summed E-state index contributed by atoms with van der Waals surface area (Å²) in [6.07, 6.45) is 3.22. The summed E-state index contributed by atoms with van der Waals surface area (Å²) < 4.78 is 10.8. The lowest BCUT2D eigenvalue weighted by molar-refractivity contribution is 0.0526. The number of carbonyl (C=O) groups excluding carboxylic acids is 1. The van der Waals surface area contributed by atoms with Crippen LogP contribution in [0.5, 0.6) is 5.75 Å². The Kier molecular flexibility index (Phi) is 7.09. The van der Waals surface area contributed by atoms with Gasteiger partial charge in [-0.25, -0.2) is 4.79 Å². The maximum absolute atomic E-state index is 11.7. The highest BCUT2D eigenvalue weighted by Crippen LogP contribution is 2.25. The van der Waals surface area contributed by atoms with E-state index in [1.807, 2.05) is 25.1 Å². The monoisotopic (exact) mass is 403 g/mol. The zero-order valence-corrected chi connectivity index (χ0v) is 17.1. The third-order valence-corrected chi connectivity index (χ3v) is 5.38. The zero-order chi connectivity index (χ0) is 19.9. The molecular weight excluding hydrogens is 378 g/mol. The smallest absolute Gasteiger partial charge is 0.338 e. The van der Waals surface area contributed by atoms with Gasteiger partial charge in [0.15, 0.2) is 11.0 Å². The van der Waals surface area contributed by atoms with Crippen LogP contribution in [0, 0.1) is 12.8 Å². The first-order valence-electron chi connectivity index (χ1n) is 9.71. The minimum Gasteiger partial charge on any atom is -0.494 e. The van der Waals surface area contributed by atoms with Gasteiger partial charge >= 0.3 is 5.97 Å². The topological polar surface area (TPSA) is 64.6 Å². The molecule has 0 bridgehead atoms. The average molecular weight is 404 g/mol. The summed E-state index contributed by atoms with van der Waals surface area (Å²) in [5.74, 6) is 2.01. The minimum atomic E-state index is -0.304. The van der Waals surface area contributed by atoms with Crippen LogP contribution in [-0.4, -0.2) is 42.5 Å². The van der Waals surface area contributed by atoms with E-state index in [-0.39, 0.29) is 5.97 Å². The third-order valence-electron chi connectivity index (χ3n) is 5.01. The van der Waals surface area contributed by atoms with Crippen molar-refractivity contribution >= 4 is 23.4 Å². The minimum absolute atomic E-state index is 0.304. The molecule has 0 unspecified atom stereocenters. The van der Waals surface area contributed by atoms with Crippen LogP contribution in [0.4, 0.5) is 5.82 Å². The fourth-order valence-electron chi connectivity index (χ4n) is 3.31. The molecule has 1 aliphatic rings. The number of nitrogens with zero attached hydrogens (tertiary/aromatic N) is 3. The van der Waals surface area contributed by atoms with Gasteiger partial charge in [0, 0.05) is 13.1 Å². The molecule has 0 amide bonds. The standard InChI is InChI=1S/C21H26ClN3O3/c1-3-27-21(26)17-4-6-18(7-5-17)28-13-10-16-8-11-25(12-9-16)19-14-15(2)20(22)24-23-19/h4-7,14,16H,3,8-13H2,1-2H3. The molecule has 2 aromatic rings. The molecule has 1 aromatic carbocycles. The van der Waals surface area contributed by atoms with Gasteiger partial charge in [0.05, 0.1) is 18.8 Å². The third kappa shape index (κ3) is 5.35. The lowest BCUT2D eigenvalue weighted by atomic mass is 9.94. The van der Waals surface area contributed by atoms with Crippen molar-refractivity contribution < 1.29 is 14.3 Å². The maximum atomic E-state index is 11.7. The molecule has 0 N–H and O–H groups in total. The Balaban J connectivity index is 1.41. The Morgan fingerprint density at radius 3 is 2.57 bits per heavy atom. The maximum Gasteiger partial charge on any atom is 0.338 e. The number of anilines is 1. The van der Waals surface area contributed by atoms with E-state index >= 15 is 0 Å². The summed E-state index contributed by atoms with van der Waals surface area (Å²) in [6.45, 7) is 6.72. The molecule has 7 heteroatoms. The van der Waals surface area contributed by atoms with Crippen LogP contribution in [0.15, 0.2) is 30.3 Å². The molecule has 1 aromatic heterocycles. The van der Waals surface area contributed by atoms with E-state index in [1.54, 1.807) is 19.1 Å². The molecule has 0 saturated carbocycles. The van der Waals surface area contributed by atoms with Gasteiger partial charge in [-0.15, -0.1) is 10.2 Å². The fraction of sp³-hybridized carbons (Fsp3) is 0.476. The summed E-state index contributed by atoms with van der Waals surface area (Å²) in [4.78, 5) is 13.9. The van der Waals surface area contributed by atoms with Gasteiger partial charge < -0.3 is 14.4 Å². The van der Waals surface area contributed by atoms with Crippen LogP contribution in [0.1, 0.15) is 42.1 Å². The largest absolute Gasteiger partial charge is 0.494 e. The molecule has 28 heavy (non-hydrogen) atoms. The van der Waals surface area contributed by atoms with E-state index in [9.17, 15) is 4.79 Å². The Morgan fingerprint density at radius 1 is 1.21 bits per heavy atom. The number of ether oxygens (including phenoxy) is 2. The summed E-state index contributed by atoms with van der Waals surface area (Å²) in [5, 5.41) is 8.68. The SMILES string of the molecule is CCOC(=O)c1ccc(OCCC2CCN(c3cc(C)c(Cl)nn3)CC2)cc1. The molecule has 0 aliphatic carbocycles. The van der Waals surface area contributed by atoms with Gasteiger partial charge in [-0.1, -0.05) is 11.6 Å². The number of aryl methyl sites for hydroxylation is 1. The van der Waals surface area contributed by atoms with E-state index < -0.39 is 0 Å². The van der Waals surface area contributed by atoms with Gasteiger partial charge in [-0.3, -0.25) is 0 Å². The molecular formula is C21H26ClN3O3. The number of rotatable bonds is 7. The predicted octanol–water partition coefficient (Wildman–Crippen LogP) is 4.30. The number of hydrogen-bond donors (Lipinski definition) is 0. The summed E-state index contributed by atoms with van der Waals surface area (Å²) >= 11 is 5.96. The van der Waals surface area contributed by atoms with Gasteiger partial charge in [-0.2, -0.15) is 0 Å². The van der Waals surface area contributed by atoms with Gasteiger partial charge in [-0.05, 0) is 74.9 Å². The molecule has 1 saturated heterocycles. The second-order valence-corrected chi connectivity index (χ2v) is 7.35. The fourth-order valence-corrected chi connectivity index (χ4v) is 3.40. The van der Waals surface area contributed by atoms with E-state index in [4.69, 9.17) is 21.1 Å². The number of aromatic nitrogens is 2. The van der Waals surface area contributed by atoms with Crippen LogP contribution in [0.25, 0.3) is 0 Å². The van der Waals surface area contributed by atoms with Crippen molar-refractivity contribution in [3.05, 3.63) is 46.6 Å². The van der Waals surface area contributed by atoms with E-state index in [2.05, 4.69) is 15.1 Å². The van der Waals surface area contributed by atoms with Crippen LogP contribution in [0.2, 0.25) is 5.15 Å². The number of halogens is 1. The predicted molar refractivity (Wildman–Crippen MR) is 109 cm³/mol. The quantitative estimate of drug-likeness (QED) is 0.642. The Hall–Kier alpha value is -2.34. The lowest BCUT2D eigenvalue weighted by Gasteiger charge is -2.32. The molecule has 150 valence electrons. The first kappa shape index (κ1) is 20.4. The van der Waals surface area contributed by atoms with E-state index in [1.165, 1.54) is 0 Å². The van der Waals surface area contributed by atoms with Gasteiger partial charge in [0.25, 0.3) is 0 Å². The molecule has 0 atom stereocenters. The number of piperidine rings is 1. The van der Waals surface area contributed by atoms with Crippen molar-refractivity contribution in [1.29, 1.82) is 0 Å². The Bertz CT molecular complexity index is 790. The molecule has 0 radical (unpaired) electrons. The number of benzene rings is 1. The van der Waals surface area contributed by atoms with E-state index in [0.29, 0.717) is 29.8 Å². The van der Waals surface area contributed by atoms with Crippen molar-refractivity contribution in [3.8, 4) is 5.75 Å².